The molecule has 4 rings (SSSR count). The Balaban J connectivity index is 1.54. The van der Waals surface area contributed by atoms with Gasteiger partial charge in [-0.3, -0.25) is 4.68 Å². The van der Waals surface area contributed by atoms with E-state index in [1.54, 1.807) is 16.9 Å². The van der Waals surface area contributed by atoms with Gasteiger partial charge in [0.15, 0.2) is 5.82 Å². The van der Waals surface area contributed by atoms with Crippen molar-refractivity contribution in [3.05, 3.63) is 36.7 Å². The van der Waals surface area contributed by atoms with Crippen molar-refractivity contribution >= 4 is 5.82 Å². The lowest BCUT2D eigenvalue weighted by Crippen LogP contribution is -2.62. The summed E-state index contributed by atoms with van der Waals surface area (Å²) in [6.07, 6.45) is 5.59. The number of anilines is 1. The number of nitrogens with zero attached hydrogens (tertiary/aromatic N) is 6. The van der Waals surface area contributed by atoms with Gasteiger partial charge in [-0.05, 0) is 64.8 Å². The molecule has 8 nitrogen and oxygen atoms in total. The summed E-state index contributed by atoms with van der Waals surface area (Å²) >= 11 is 0. The summed E-state index contributed by atoms with van der Waals surface area (Å²) < 4.78 is 1.71. The number of hydrogen-bond donors (Lipinski definition) is 2. The first-order valence-electron chi connectivity index (χ1n) is 10.6. The smallest absolute Gasteiger partial charge is 0.151 e. The molecular formula is C23H31N7O. The van der Waals surface area contributed by atoms with Gasteiger partial charge < -0.3 is 15.3 Å². The zero-order valence-corrected chi connectivity index (χ0v) is 19.1. The monoisotopic (exact) mass is 421 g/mol. The molecule has 0 saturated carbocycles. The van der Waals surface area contributed by atoms with Crippen molar-refractivity contribution in [3.8, 4) is 28.4 Å². The van der Waals surface area contributed by atoms with E-state index in [0.717, 1.165) is 29.9 Å². The number of aromatic nitrogens is 5. The second-order valence-electron chi connectivity index (χ2n) is 9.81. The maximum atomic E-state index is 10.5. The normalized spacial score (nSPS) is 18.1. The number of piperidine rings is 1. The van der Waals surface area contributed by atoms with Gasteiger partial charge in [0.25, 0.3) is 0 Å². The number of hydrogen-bond acceptors (Lipinski definition) is 7. The summed E-state index contributed by atoms with van der Waals surface area (Å²) in [5.74, 6) is 0.868. The molecule has 4 heterocycles. The number of pyridine rings is 1. The van der Waals surface area contributed by atoms with E-state index in [1.807, 2.05) is 31.4 Å². The van der Waals surface area contributed by atoms with Crippen molar-refractivity contribution in [1.29, 1.82) is 0 Å². The average Bonchev–Trinajstić information content (AvgIpc) is 3.11. The van der Waals surface area contributed by atoms with Gasteiger partial charge in [0.1, 0.15) is 17.1 Å². The number of aryl methyl sites for hydroxylation is 1. The van der Waals surface area contributed by atoms with E-state index in [0.29, 0.717) is 17.4 Å². The van der Waals surface area contributed by atoms with Crippen molar-refractivity contribution in [1.82, 2.24) is 30.3 Å². The molecule has 0 aromatic carbocycles. The summed E-state index contributed by atoms with van der Waals surface area (Å²) in [6.45, 7) is 8.97. The quantitative estimate of drug-likeness (QED) is 0.667. The van der Waals surface area contributed by atoms with Gasteiger partial charge in [-0.25, -0.2) is 4.98 Å². The van der Waals surface area contributed by atoms with E-state index in [1.165, 1.54) is 0 Å². The van der Waals surface area contributed by atoms with Crippen LogP contribution in [0.2, 0.25) is 0 Å². The summed E-state index contributed by atoms with van der Waals surface area (Å²) in [6, 6.07) is 7.70. The summed E-state index contributed by atoms with van der Waals surface area (Å²) in [4.78, 5) is 6.62. The highest BCUT2D eigenvalue weighted by Crippen LogP contribution is 2.33. The predicted octanol–water partition coefficient (Wildman–Crippen LogP) is 3.39. The Bertz CT molecular complexity index is 1060. The Morgan fingerprint density at radius 1 is 1.06 bits per heavy atom. The third-order valence-corrected chi connectivity index (χ3v) is 5.85. The van der Waals surface area contributed by atoms with E-state index in [4.69, 9.17) is 0 Å². The molecule has 0 amide bonds. The molecular weight excluding hydrogens is 390 g/mol. The Morgan fingerprint density at radius 3 is 2.32 bits per heavy atom. The van der Waals surface area contributed by atoms with Crippen LogP contribution in [0.3, 0.4) is 0 Å². The SMILES string of the molecule is CN(c1ccc(-c2ncc(-c3ccn(C)n3)cc2O)nn1)C1CC(C)(C)NC(C)(C)C1. The van der Waals surface area contributed by atoms with Crippen LogP contribution in [-0.2, 0) is 7.05 Å². The van der Waals surface area contributed by atoms with Gasteiger partial charge in [0.2, 0.25) is 0 Å². The van der Waals surface area contributed by atoms with Gasteiger partial charge in [0.05, 0.1) is 5.69 Å². The molecule has 1 fully saturated rings. The third kappa shape index (κ3) is 4.54. The van der Waals surface area contributed by atoms with E-state index in [-0.39, 0.29) is 16.8 Å². The van der Waals surface area contributed by atoms with Crippen molar-refractivity contribution in [3.63, 3.8) is 0 Å². The third-order valence-electron chi connectivity index (χ3n) is 5.85. The lowest BCUT2D eigenvalue weighted by molar-refractivity contribution is 0.160. The lowest BCUT2D eigenvalue weighted by atomic mass is 9.79. The van der Waals surface area contributed by atoms with Crippen LogP contribution in [0.25, 0.3) is 22.6 Å². The van der Waals surface area contributed by atoms with E-state index in [9.17, 15) is 5.11 Å². The minimum absolute atomic E-state index is 0.0547. The maximum Gasteiger partial charge on any atom is 0.151 e. The van der Waals surface area contributed by atoms with Crippen LogP contribution < -0.4 is 10.2 Å². The van der Waals surface area contributed by atoms with Gasteiger partial charge in [0, 0.05) is 49.2 Å². The zero-order valence-electron chi connectivity index (χ0n) is 19.1. The molecule has 1 aliphatic heterocycles. The minimum atomic E-state index is 0.0547. The molecule has 1 saturated heterocycles. The molecule has 2 N–H and O–H groups in total. The molecule has 0 atom stereocenters. The van der Waals surface area contributed by atoms with Crippen LogP contribution in [0.4, 0.5) is 5.82 Å². The number of aromatic hydroxyl groups is 1. The molecule has 0 unspecified atom stereocenters. The molecule has 8 heteroatoms. The molecule has 164 valence electrons. The minimum Gasteiger partial charge on any atom is -0.506 e. The highest BCUT2D eigenvalue weighted by molar-refractivity contribution is 5.68. The summed E-state index contributed by atoms with van der Waals surface area (Å²) in [5.41, 5.74) is 2.56. The van der Waals surface area contributed by atoms with Crippen LogP contribution in [-0.4, -0.2) is 54.2 Å². The van der Waals surface area contributed by atoms with Crippen LogP contribution in [0.5, 0.6) is 5.75 Å². The van der Waals surface area contributed by atoms with Crippen LogP contribution in [0.1, 0.15) is 40.5 Å². The molecule has 31 heavy (non-hydrogen) atoms. The van der Waals surface area contributed by atoms with Crippen molar-refractivity contribution in [2.45, 2.75) is 57.7 Å². The topological polar surface area (TPSA) is 92.0 Å². The first-order chi connectivity index (χ1) is 14.5. The second kappa shape index (κ2) is 7.60. The Kier molecular flexibility index (Phi) is 5.21. The fourth-order valence-electron chi connectivity index (χ4n) is 4.73. The van der Waals surface area contributed by atoms with Crippen LogP contribution in [0, 0.1) is 0 Å². The molecule has 3 aromatic heterocycles. The van der Waals surface area contributed by atoms with E-state index < -0.39 is 0 Å². The maximum absolute atomic E-state index is 10.5. The second-order valence-corrected chi connectivity index (χ2v) is 9.81. The van der Waals surface area contributed by atoms with Gasteiger partial charge in [-0.1, -0.05) is 0 Å². The van der Waals surface area contributed by atoms with Crippen molar-refractivity contribution < 1.29 is 5.11 Å². The molecule has 0 bridgehead atoms. The molecule has 0 aliphatic carbocycles. The number of rotatable bonds is 4. The Labute approximate surface area is 183 Å². The standard InChI is InChI=1S/C23H31N7O/c1-22(2)12-16(13-23(3,4)28-22)30(6)20-8-7-18(25-26-20)21-19(31)11-15(14-24-21)17-9-10-29(5)27-17/h7-11,14,16,28,31H,12-13H2,1-6H3. The zero-order chi connectivity index (χ0) is 22.4. The Morgan fingerprint density at radius 2 is 1.77 bits per heavy atom. The van der Waals surface area contributed by atoms with Gasteiger partial charge in [-0.15, -0.1) is 10.2 Å². The van der Waals surface area contributed by atoms with E-state index in [2.05, 4.69) is 65.2 Å². The van der Waals surface area contributed by atoms with Crippen LogP contribution in [0.15, 0.2) is 36.7 Å². The highest BCUT2D eigenvalue weighted by atomic mass is 16.3. The first-order valence-corrected chi connectivity index (χ1v) is 10.6. The Hall–Kier alpha value is -3.00. The largest absolute Gasteiger partial charge is 0.506 e. The number of nitrogens with one attached hydrogen (secondary N) is 1. The average molecular weight is 422 g/mol. The summed E-state index contributed by atoms with van der Waals surface area (Å²) in [5, 5.41) is 27.4. The fourth-order valence-corrected chi connectivity index (χ4v) is 4.73. The lowest BCUT2D eigenvalue weighted by Gasteiger charge is -2.49. The highest BCUT2D eigenvalue weighted by Gasteiger charge is 2.39. The molecule has 0 spiro atoms. The molecule has 3 aromatic rings. The van der Waals surface area contributed by atoms with Gasteiger partial charge in [-0.2, -0.15) is 5.10 Å². The van der Waals surface area contributed by atoms with E-state index >= 15 is 0 Å². The van der Waals surface area contributed by atoms with Crippen molar-refractivity contribution in [2.24, 2.45) is 7.05 Å². The molecule has 1 aliphatic rings. The van der Waals surface area contributed by atoms with Gasteiger partial charge >= 0.3 is 0 Å². The fraction of sp³-hybridized carbons (Fsp3) is 0.478. The molecule has 0 radical (unpaired) electrons. The first kappa shape index (κ1) is 21.2. The predicted molar refractivity (Wildman–Crippen MR) is 122 cm³/mol. The van der Waals surface area contributed by atoms with Crippen LogP contribution >= 0.6 is 0 Å². The summed E-state index contributed by atoms with van der Waals surface area (Å²) in [7, 11) is 3.92. The van der Waals surface area contributed by atoms with Crippen molar-refractivity contribution in [2.75, 3.05) is 11.9 Å².